The quantitative estimate of drug-likeness (QED) is 0.387. The van der Waals surface area contributed by atoms with E-state index in [1.54, 1.807) is 56.3 Å². The van der Waals surface area contributed by atoms with Crippen LogP contribution in [0.2, 0.25) is 0 Å². The number of halogens is 1. The maximum atomic E-state index is 14.2. The molecule has 0 atom stereocenters. The van der Waals surface area contributed by atoms with Crippen LogP contribution in [0.15, 0.2) is 63.0 Å². The third-order valence-corrected chi connectivity index (χ3v) is 5.32. The summed E-state index contributed by atoms with van der Waals surface area (Å²) in [5.41, 5.74) is 0.980. The summed E-state index contributed by atoms with van der Waals surface area (Å²) in [6.07, 6.45) is 0. The van der Waals surface area contributed by atoms with Crippen LogP contribution >= 0.6 is 11.8 Å². The number of para-hydroxylation sites is 1. The van der Waals surface area contributed by atoms with Gasteiger partial charge >= 0.3 is 0 Å². The van der Waals surface area contributed by atoms with Crippen LogP contribution in [-0.4, -0.2) is 26.4 Å². The lowest BCUT2D eigenvalue weighted by Gasteiger charge is -2.13. The van der Waals surface area contributed by atoms with Crippen molar-refractivity contribution in [2.45, 2.75) is 19.0 Å². The molecule has 0 aliphatic heterocycles. The van der Waals surface area contributed by atoms with Crippen molar-refractivity contribution in [1.29, 1.82) is 0 Å². The van der Waals surface area contributed by atoms with Crippen LogP contribution in [0.3, 0.4) is 0 Å². The molecule has 0 saturated heterocycles. The molecule has 0 fully saturated rings. The molecule has 4 aromatic rings. The van der Waals surface area contributed by atoms with Gasteiger partial charge in [0.05, 0.1) is 22.3 Å². The number of nitrogens with zero attached hydrogens (tertiary/aromatic N) is 3. The predicted molar refractivity (Wildman–Crippen MR) is 113 cm³/mol. The molecule has 152 valence electrons. The van der Waals surface area contributed by atoms with E-state index in [-0.39, 0.29) is 22.4 Å². The second-order valence-electron chi connectivity index (χ2n) is 6.65. The number of hydrogen-bond acceptors (Lipinski definition) is 6. The number of anilines is 1. The summed E-state index contributed by atoms with van der Waals surface area (Å²) in [5.74, 6) is 0.0948. The molecule has 0 saturated carbocycles. The topological polar surface area (TPSA) is 90.0 Å². The van der Waals surface area contributed by atoms with Gasteiger partial charge in [0, 0.05) is 6.07 Å². The van der Waals surface area contributed by atoms with Gasteiger partial charge in [0.1, 0.15) is 11.6 Å². The fraction of sp³-hybridized carbons (Fsp3) is 0.143. The Bertz CT molecular complexity index is 1320. The molecule has 0 bridgehead atoms. The molecule has 0 spiro atoms. The van der Waals surface area contributed by atoms with Gasteiger partial charge in [0.15, 0.2) is 11.0 Å². The first-order chi connectivity index (χ1) is 14.4. The van der Waals surface area contributed by atoms with Crippen LogP contribution < -0.4 is 10.9 Å². The largest absolute Gasteiger partial charge is 0.360 e. The molecule has 7 nitrogen and oxygen atoms in total. The van der Waals surface area contributed by atoms with E-state index in [1.165, 1.54) is 10.6 Å². The van der Waals surface area contributed by atoms with Gasteiger partial charge < -0.3 is 9.84 Å². The molecule has 1 N–H and O–H groups in total. The standard InChI is InChI=1S/C21H17FN4O3S/c1-12-7-8-14(10-16(12)22)26-20(28)15-5-3-4-6-17(15)23-21(26)30-11-19(27)24-18-9-13(2)29-25-18/h3-10H,11H2,1-2H3,(H,24,25,27). The molecule has 30 heavy (non-hydrogen) atoms. The highest BCUT2D eigenvalue weighted by Gasteiger charge is 2.16. The van der Waals surface area contributed by atoms with E-state index in [1.807, 2.05) is 0 Å². The van der Waals surface area contributed by atoms with Gasteiger partial charge in [0.2, 0.25) is 5.91 Å². The van der Waals surface area contributed by atoms with E-state index in [9.17, 15) is 14.0 Å². The van der Waals surface area contributed by atoms with E-state index in [4.69, 9.17) is 4.52 Å². The average Bonchev–Trinajstić information content (AvgIpc) is 3.13. The van der Waals surface area contributed by atoms with E-state index in [2.05, 4.69) is 15.5 Å². The molecule has 9 heteroatoms. The molecule has 0 unspecified atom stereocenters. The van der Waals surface area contributed by atoms with Crippen LogP contribution in [0.5, 0.6) is 0 Å². The van der Waals surface area contributed by atoms with Gasteiger partial charge in [-0.25, -0.2) is 9.37 Å². The molecule has 2 aromatic carbocycles. The normalized spacial score (nSPS) is 11.0. The van der Waals surface area contributed by atoms with Crippen molar-refractivity contribution in [3.8, 4) is 5.69 Å². The number of fused-ring (bicyclic) bond motifs is 1. The zero-order valence-electron chi connectivity index (χ0n) is 16.2. The highest BCUT2D eigenvalue weighted by molar-refractivity contribution is 7.99. The van der Waals surface area contributed by atoms with Crippen molar-refractivity contribution in [2.75, 3.05) is 11.1 Å². The molecular weight excluding hydrogens is 407 g/mol. The van der Waals surface area contributed by atoms with Crippen molar-refractivity contribution >= 4 is 34.4 Å². The number of benzene rings is 2. The number of carbonyl (C=O) groups is 1. The number of thioether (sulfide) groups is 1. The fourth-order valence-electron chi connectivity index (χ4n) is 2.89. The SMILES string of the molecule is Cc1cc(NC(=O)CSc2nc3ccccc3c(=O)n2-c2ccc(C)c(F)c2)no1. The van der Waals surface area contributed by atoms with Gasteiger partial charge in [-0.1, -0.05) is 35.1 Å². The second kappa shape index (κ2) is 8.11. The Morgan fingerprint density at radius 2 is 2.00 bits per heavy atom. The Labute approximate surface area is 174 Å². The zero-order chi connectivity index (χ0) is 21.3. The van der Waals surface area contributed by atoms with Gasteiger partial charge in [-0.2, -0.15) is 0 Å². The minimum absolute atomic E-state index is 0.0228. The molecule has 4 rings (SSSR count). The summed E-state index contributed by atoms with van der Waals surface area (Å²) >= 11 is 1.07. The molecule has 1 amide bonds. The second-order valence-corrected chi connectivity index (χ2v) is 7.59. The summed E-state index contributed by atoms with van der Waals surface area (Å²) in [5, 5.41) is 7.03. The highest BCUT2D eigenvalue weighted by atomic mass is 32.2. The Morgan fingerprint density at radius 1 is 1.20 bits per heavy atom. The van der Waals surface area contributed by atoms with Crippen LogP contribution in [0.25, 0.3) is 16.6 Å². The number of amides is 1. The molecular formula is C21H17FN4O3S. The van der Waals surface area contributed by atoms with Gasteiger partial charge in [-0.15, -0.1) is 0 Å². The summed E-state index contributed by atoms with van der Waals surface area (Å²) in [6, 6.07) is 13.0. The van der Waals surface area contributed by atoms with Crippen LogP contribution in [0.4, 0.5) is 10.2 Å². The average molecular weight is 424 g/mol. The Kier molecular flexibility index (Phi) is 5.37. The summed E-state index contributed by atoms with van der Waals surface area (Å²) < 4.78 is 20.4. The van der Waals surface area contributed by atoms with Crippen LogP contribution in [-0.2, 0) is 4.79 Å². The van der Waals surface area contributed by atoms with E-state index in [0.717, 1.165) is 11.8 Å². The molecule has 0 aliphatic rings. The number of hydrogen-bond donors (Lipinski definition) is 1. The number of aryl methyl sites for hydroxylation is 2. The third kappa shape index (κ3) is 3.97. The number of nitrogens with one attached hydrogen (secondary N) is 1. The molecule has 2 heterocycles. The molecule has 2 aromatic heterocycles. The number of aromatic nitrogens is 3. The molecule has 0 aliphatic carbocycles. The Hall–Kier alpha value is -3.46. The van der Waals surface area contributed by atoms with E-state index < -0.39 is 5.82 Å². The van der Waals surface area contributed by atoms with Crippen molar-refractivity contribution < 1.29 is 13.7 Å². The van der Waals surface area contributed by atoms with Crippen LogP contribution in [0.1, 0.15) is 11.3 Å². The van der Waals surface area contributed by atoms with Crippen molar-refractivity contribution in [3.05, 3.63) is 76.0 Å². The first-order valence-electron chi connectivity index (χ1n) is 9.06. The van der Waals surface area contributed by atoms with Crippen molar-refractivity contribution in [2.24, 2.45) is 0 Å². The number of rotatable bonds is 5. The molecule has 0 radical (unpaired) electrons. The number of carbonyl (C=O) groups excluding carboxylic acids is 1. The first-order valence-corrected chi connectivity index (χ1v) is 10.1. The summed E-state index contributed by atoms with van der Waals surface area (Å²) in [7, 11) is 0. The first kappa shape index (κ1) is 19.8. The minimum atomic E-state index is -0.428. The lowest BCUT2D eigenvalue weighted by Crippen LogP contribution is -2.23. The summed E-state index contributed by atoms with van der Waals surface area (Å²) in [6.45, 7) is 3.36. The van der Waals surface area contributed by atoms with Gasteiger partial charge in [-0.3, -0.25) is 14.2 Å². The van der Waals surface area contributed by atoms with E-state index >= 15 is 0 Å². The summed E-state index contributed by atoms with van der Waals surface area (Å²) in [4.78, 5) is 30.0. The monoisotopic (exact) mass is 424 g/mol. The smallest absolute Gasteiger partial charge is 0.266 e. The van der Waals surface area contributed by atoms with E-state index in [0.29, 0.717) is 33.7 Å². The van der Waals surface area contributed by atoms with Gasteiger partial charge in [-0.05, 0) is 43.7 Å². The predicted octanol–water partition coefficient (Wildman–Crippen LogP) is 3.86. The van der Waals surface area contributed by atoms with Crippen LogP contribution in [0, 0.1) is 19.7 Å². The minimum Gasteiger partial charge on any atom is -0.360 e. The Morgan fingerprint density at radius 3 is 2.73 bits per heavy atom. The van der Waals surface area contributed by atoms with Crippen molar-refractivity contribution in [3.63, 3.8) is 0 Å². The lowest BCUT2D eigenvalue weighted by molar-refractivity contribution is -0.113. The maximum Gasteiger partial charge on any atom is 0.266 e. The zero-order valence-corrected chi connectivity index (χ0v) is 17.0. The third-order valence-electron chi connectivity index (χ3n) is 4.39. The fourth-order valence-corrected chi connectivity index (χ4v) is 3.70. The highest BCUT2D eigenvalue weighted by Crippen LogP contribution is 2.23. The maximum absolute atomic E-state index is 14.2. The van der Waals surface area contributed by atoms with Gasteiger partial charge in [0.25, 0.3) is 5.56 Å². The Balaban J connectivity index is 1.71. The van der Waals surface area contributed by atoms with Crippen molar-refractivity contribution in [1.82, 2.24) is 14.7 Å². The lowest BCUT2D eigenvalue weighted by atomic mass is 10.2.